The molecule has 3 heteroatoms. The quantitative estimate of drug-likeness (QED) is 0.816. The Kier molecular flexibility index (Phi) is 2.72. The Bertz CT molecular complexity index is 386. The number of carboxylic acids is 1. The molecule has 1 aliphatic rings. The third-order valence-corrected chi connectivity index (χ3v) is 3.26. The average molecular weight is 219 g/mol. The van der Waals surface area contributed by atoms with E-state index < -0.39 is 12.0 Å². The Hall–Kier alpha value is -1.35. The summed E-state index contributed by atoms with van der Waals surface area (Å²) in [6.07, 6.45) is 1.05. The van der Waals surface area contributed by atoms with E-state index >= 15 is 0 Å². The second-order valence-corrected chi connectivity index (χ2v) is 5.09. The molecule has 1 aromatic carbocycles. The second kappa shape index (κ2) is 3.91. The summed E-state index contributed by atoms with van der Waals surface area (Å²) in [4.78, 5) is 11.2. The van der Waals surface area contributed by atoms with Gasteiger partial charge in [-0.2, -0.15) is 0 Å². The number of aliphatic carboxylic acids is 1. The van der Waals surface area contributed by atoms with Crippen molar-refractivity contribution >= 4 is 5.97 Å². The van der Waals surface area contributed by atoms with E-state index in [0.29, 0.717) is 6.04 Å². The summed E-state index contributed by atoms with van der Waals surface area (Å²) in [5.41, 5.74) is 1.06. The first-order chi connectivity index (χ1) is 7.50. The molecular weight excluding hydrogens is 202 g/mol. The lowest BCUT2D eigenvalue weighted by molar-refractivity contribution is -0.139. The van der Waals surface area contributed by atoms with Gasteiger partial charge >= 0.3 is 5.97 Å². The number of hydrogen-bond donors (Lipinski definition) is 2. The maximum absolute atomic E-state index is 11.2. The minimum atomic E-state index is -0.811. The molecule has 1 aliphatic carbocycles. The summed E-state index contributed by atoms with van der Waals surface area (Å²) in [5, 5.41) is 12.4. The van der Waals surface area contributed by atoms with Gasteiger partial charge in [0.15, 0.2) is 0 Å². The smallest absolute Gasteiger partial charge is 0.325 e. The third-order valence-electron chi connectivity index (χ3n) is 3.26. The molecule has 0 spiro atoms. The van der Waals surface area contributed by atoms with E-state index in [0.717, 1.165) is 12.0 Å². The van der Waals surface area contributed by atoms with Crippen molar-refractivity contribution in [2.45, 2.75) is 32.4 Å². The van der Waals surface area contributed by atoms with Crippen LogP contribution in [0.25, 0.3) is 0 Å². The molecule has 0 amide bonds. The van der Waals surface area contributed by atoms with Crippen molar-refractivity contribution in [3.63, 3.8) is 0 Å². The first-order valence-electron chi connectivity index (χ1n) is 5.54. The molecule has 2 rings (SSSR count). The van der Waals surface area contributed by atoms with E-state index in [4.69, 9.17) is 0 Å². The minimum absolute atomic E-state index is 0.239. The summed E-state index contributed by atoms with van der Waals surface area (Å²) in [5.74, 6) is -0.811. The molecule has 0 heterocycles. The molecule has 0 aromatic heterocycles. The van der Waals surface area contributed by atoms with Crippen molar-refractivity contribution in [2.75, 3.05) is 0 Å². The molecule has 3 nitrogen and oxygen atoms in total. The number of carboxylic acid groups (broad SMARTS) is 1. The maximum Gasteiger partial charge on any atom is 0.325 e. The van der Waals surface area contributed by atoms with Gasteiger partial charge in [-0.25, -0.2) is 0 Å². The lowest BCUT2D eigenvalue weighted by Gasteiger charge is -2.15. The molecule has 86 valence electrons. The lowest BCUT2D eigenvalue weighted by atomic mass is 10.1. The van der Waals surface area contributed by atoms with Crippen LogP contribution < -0.4 is 5.32 Å². The van der Waals surface area contributed by atoms with Gasteiger partial charge in [0, 0.05) is 6.04 Å². The van der Waals surface area contributed by atoms with Gasteiger partial charge in [0.1, 0.15) is 6.04 Å². The fraction of sp³-hybridized carbons (Fsp3) is 0.462. The van der Waals surface area contributed by atoms with Crippen LogP contribution in [0.4, 0.5) is 0 Å². The van der Waals surface area contributed by atoms with Crippen LogP contribution in [-0.4, -0.2) is 17.1 Å². The highest BCUT2D eigenvalue weighted by Gasteiger charge is 2.47. The molecule has 2 unspecified atom stereocenters. The van der Waals surface area contributed by atoms with Crippen molar-refractivity contribution < 1.29 is 9.90 Å². The number of carbonyl (C=O) groups is 1. The second-order valence-electron chi connectivity index (χ2n) is 5.09. The Balaban J connectivity index is 2.10. The number of rotatable bonds is 4. The van der Waals surface area contributed by atoms with Crippen molar-refractivity contribution in [3.8, 4) is 0 Å². The van der Waals surface area contributed by atoms with E-state index in [1.807, 2.05) is 30.3 Å². The van der Waals surface area contributed by atoms with Crippen molar-refractivity contribution in [2.24, 2.45) is 5.41 Å². The van der Waals surface area contributed by atoms with Gasteiger partial charge in [-0.05, 0) is 17.4 Å². The molecule has 1 fully saturated rings. The van der Waals surface area contributed by atoms with Crippen molar-refractivity contribution in [1.82, 2.24) is 5.32 Å². The molecule has 0 radical (unpaired) electrons. The SMILES string of the molecule is CC1(C)CC1NC(C(=O)O)c1ccccc1. The third kappa shape index (κ3) is 2.25. The molecule has 16 heavy (non-hydrogen) atoms. The van der Waals surface area contributed by atoms with E-state index in [1.165, 1.54) is 0 Å². The summed E-state index contributed by atoms with van der Waals surface area (Å²) in [6, 6.07) is 9.05. The number of nitrogens with one attached hydrogen (secondary N) is 1. The summed E-state index contributed by atoms with van der Waals surface area (Å²) in [6.45, 7) is 4.29. The molecule has 0 saturated heterocycles. The molecular formula is C13H17NO2. The van der Waals surface area contributed by atoms with Gasteiger partial charge in [0.25, 0.3) is 0 Å². The van der Waals surface area contributed by atoms with Crippen molar-refractivity contribution in [3.05, 3.63) is 35.9 Å². The zero-order chi connectivity index (χ0) is 11.8. The molecule has 0 bridgehead atoms. The Morgan fingerprint density at radius 3 is 2.44 bits per heavy atom. The van der Waals surface area contributed by atoms with Crippen LogP contribution in [0.15, 0.2) is 30.3 Å². The Labute approximate surface area is 95.5 Å². The molecule has 2 atom stereocenters. The highest BCUT2D eigenvalue weighted by molar-refractivity contribution is 5.75. The van der Waals surface area contributed by atoms with E-state index in [-0.39, 0.29) is 5.41 Å². The van der Waals surface area contributed by atoms with E-state index in [1.54, 1.807) is 0 Å². The van der Waals surface area contributed by atoms with E-state index in [9.17, 15) is 9.90 Å². The fourth-order valence-corrected chi connectivity index (χ4v) is 1.91. The Morgan fingerprint density at radius 1 is 1.44 bits per heavy atom. The zero-order valence-electron chi connectivity index (χ0n) is 9.60. The van der Waals surface area contributed by atoms with Gasteiger partial charge < -0.3 is 5.11 Å². The highest BCUT2D eigenvalue weighted by atomic mass is 16.4. The van der Waals surface area contributed by atoms with Crippen LogP contribution in [-0.2, 0) is 4.79 Å². The first-order valence-corrected chi connectivity index (χ1v) is 5.54. The van der Waals surface area contributed by atoms with Crippen LogP contribution in [0.5, 0.6) is 0 Å². The number of hydrogen-bond acceptors (Lipinski definition) is 2. The first kappa shape index (κ1) is 11.1. The van der Waals surface area contributed by atoms with E-state index in [2.05, 4.69) is 19.2 Å². The topological polar surface area (TPSA) is 49.3 Å². The van der Waals surface area contributed by atoms with Crippen molar-refractivity contribution in [1.29, 1.82) is 0 Å². The maximum atomic E-state index is 11.2. The predicted octanol–water partition coefficient (Wildman–Crippen LogP) is 2.20. The lowest BCUT2D eigenvalue weighted by Crippen LogP contribution is -2.32. The molecule has 1 saturated carbocycles. The fourth-order valence-electron chi connectivity index (χ4n) is 1.91. The number of benzene rings is 1. The van der Waals surface area contributed by atoms with Crippen LogP contribution in [0.1, 0.15) is 31.9 Å². The van der Waals surface area contributed by atoms with Crippen LogP contribution >= 0.6 is 0 Å². The Morgan fingerprint density at radius 2 is 2.00 bits per heavy atom. The normalized spacial score (nSPS) is 23.8. The summed E-state index contributed by atoms with van der Waals surface area (Å²) >= 11 is 0. The van der Waals surface area contributed by atoms with Crippen LogP contribution in [0, 0.1) is 5.41 Å². The summed E-state index contributed by atoms with van der Waals surface area (Å²) in [7, 11) is 0. The van der Waals surface area contributed by atoms with Gasteiger partial charge in [-0.15, -0.1) is 0 Å². The summed E-state index contributed by atoms with van der Waals surface area (Å²) < 4.78 is 0. The van der Waals surface area contributed by atoms with Crippen LogP contribution in [0.3, 0.4) is 0 Å². The predicted molar refractivity (Wildman–Crippen MR) is 62.1 cm³/mol. The molecule has 1 aromatic rings. The molecule has 2 N–H and O–H groups in total. The molecule has 0 aliphatic heterocycles. The van der Waals surface area contributed by atoms with Gasteiger partial charge in [-0.1, -0.05) is 44.2 Å². The van der Waals surface area contributed by atoms with Gasteiger partial charge in [0.2, 0.25) is 0 Å². The standard InChI is InChI=1S/C13H17NO2/c1-13(2)8-10(13)14-11(12(15)16)9-6-4-3-5-7-9/h3-7,10-11,14H,8H2,1-2H3,(H,15,16). The van der Waals surface area contributed by atoms with Gasteiger partial charge in [0.05, 0.1) is 0 Å². The van der Waals surface area contributed by atoms with Gasteiger partial charge in [-0.3, -0.25) is 10.1 Å². The highest BCUT2D eigenvalue weighted by Crippen LogP contribution is 2.45. The monoisotopic (exact) mass is 219 g/mol. The van der Waals surface area contributed by atoms with Crippen LogP contribution in [0.2, 0.25) is 0 Å². The minimum Gasteiger partial charge on any atom is -0.480 e. The largest absolute Gasteiger partial charge is 0.480 e. The average Bonchev–Trinajstić information content (AvgIpc) is 2.84. The zero-order valence-corrected chi connectivity index (χ0v) is 9.60.